The lowest BCUT2D eigenvalue weighted by molar-refractivity contribution is -0.705. The van der Waals surface area contributed by atoms with E-state index in [1.54, 1.807) is 0 Å². The van der Waals surface area contributed by atoms with E-state index < -0.39 is 10.4 Å². The Morgan fingerprint density at radius 2 is 0.923 bits per heavy atom. The molecule has 80 valence electrons. The van der Waals surface area contributed by atoms with E-state index in [9.17, 15) is 0 Å². The minimum Gasteiger partial charge on any atom is -0.759 e. The Bertz CT molecular complexity index is 173. The number of rotatable bonds is 0. The zero-order chi connectivity index (χ0) is 10.2. The molecular formula is C6H16N2O4S. The molecule has 2 heterocycles. The Kier molecular flexibility index (Phi) is 7.10. The highest BCUT2D eigenvalue weighted by Gasteiger charge is 1.98. The van der Waals surface area contributed by atoms with Gasteiger partial charge in [-0.15, -0.1) is 0 Å². The molecule has 2 rings (SSSR count). The molecule has 2 aliphatic heterocycles. The fourth-order valence-corrected chi connectivity index (χ4v) is 0.408. The molecule has 0 amide bonds. The van der Waals surface area contributed by atoms with Gasteiger partial charge in [0, 0.05) is 23.2 Å². The molecule has 0 aromatic rings. The quantitative estimate of drug-likeness (QED) is 0.321. The van der Waals surface area contributed by atoms with Crippen LogP contribution in [0.25, 0.3) is 0 Å². The Labute approximate surface area is 78.3 Å². The van der Waals surface area contributed by atoms with Crippen LogP contribution in [0, 0.1) is 0 Å². The molecule has 0 aromatic heterocycles. The fourth-order valence-electron chi connectivity index (χ4n) is 0.408. The summed E-state index contributed by atoms with van der Waals surface area (Å²) in [7, 11) is -5.17. The summed E-state index contributed by atoms with van der Waals surface area (Å²) in [6, 6.07) is 0. The van der Waals surface area contributed by atoms with Crippen LogP contribution >= 0.6 is 0 Å². The normalized spacial score (nSPS) is 19.2. The number of quaternary nitrogens is 2. The van der Waals surface area contributed by atoms with Crippen LogP contribution in [0.5, 0.6) is 0 Å². The van der Waals surface area contributed by atoms with Crippen molar-refractivity contribution in [3.05, 3.63) is 0 Å². The van der Waals surface area contributed by atoms with Gasteiger partial charge >= 0.3 is 0 Å². The fraction of sp³-hybridized carbons (Fsp3) is 1.00. The summed E-state index contributed by atoms with van der Waals surface area (Å²) in [4.78, 5) is 0. The second-order valence-corrected chi connectivity index (χ2v) is 3.66. The van der Waals surface area contributed by atoms with Crippen LogP contribution in [-0.4, -0.2) is 43.7 Å². The maximum atomic E-state index is 8.52. The van der Waals surface area contributed by atoms with Crippen molar-refractivity contribution in [1.82, 2.24) is 0 Å². The summed E-state index contributed by atoms with van der Waals surface area (Å²) in [6.45, 7) is 5.50. The van der Waals surface area contributed by atoms with E-state index in [0.717, 1.165) is 0 Å². The van der Waals surface area contributed by atoms with E-state index in [-0.39, 0.29) is 0 Å². The molecule has 2 aliphatic rings. The van der Waals surface area contributed by atoms with Crippen molar-refractivity contribution < 1.29 is 28.2 Å². The lowest BCUT2D eigenvalue weighted by Crippen LogP contribution is -2.92. The molecule has 13 heavy (non-hydrogen) atoms. The summed E-state index contributed by atoms with van der Waals surface area (Å²) >= 11 is 0. The maximum Gasteiger partial charge on any atom is 0.0809 e. The third-order valence-corrected chi connectivity index (χ3v) is 1.63. The molecular weight excluding hydrogens is 196 g/mol. The van der Waals surface area contributed by atoms with E-state index in [0.29, 0.717) is 0 Å². The Hall–Kier alpha value is -0.210. The smallest absolute Gasteiger partial charge is 0.0809 e. The first-order valence-corrected chi connectivity index (χ1v) is 5.63. The Morgan fingerprint density at radius 3 is 0.923 bits per heavy atom. The summed E-state index contributed by atoms with van der Waals surface area (Å²) in [6.07, 6.45) is 2.89. The van der Waals surface area contributed by atoms with E-state index in [2.05, 4.69) is 10.6 Å². The molecule has 0 aromatic carbocycles. The van der Waals surface area contributed by atoms with Gasteiger partial charge in [-0.1, -0.05) is 0 Å². The minimum absolute atomic E-state index is 1.38. The van der Waals surface area contributed by atoms with E-state index in [4.69, 9.17) is 17.5 Å². The van der Waals surface area contributed by atoms with Gasteiger partial charge in [0.2, 0.25) is 0 Å². The van der Waals surface area contributed by atoms with Crippen molar-refractivity contribution in [1.29, 1.82) is 0 Å². The second-order valence-electron chi connectivity index (χ2n) is 2.85. The standard InChI is InChI=1S/2C3H7N.H2O4S/c2*1-2-4-3-1;1-5(2,3)4/h2*4H,1-3H2;(H2,1,2,3,4). The molecule has 0 radical (unpaired) electrons. The zero-order valence-corrected chi connectivity index (χ0v) is 8.26. The third-order valence-electron chi connectivity index (χ3n) is 1.63. The average Bonchev–Trinajstić information content (AvgIpc) is 1.41. The van der Waals surface area contributed by atoms with Gasteiger partial charge in [-0.05, 0) is 0 Å². The molecule has 0 spiro atoms. The van der Waals surface area contributed by atoms with Gasteiger partial charge in [0.1, 0.15) is 0 Å². The highest BCUT2D eigenvalue weighted by molar-refractivity contribution is 7.79. The number of nitrogens with two attached hydrogens (primary N) is 2. The lowest BCUT2D eigenvalue weighted by Gasteiger charge is -2.06. The van der Waals surface area contributed by atoms with Gasteiger partial charge < -0.3 is 19.7 Å². The van der Waals surface area contributed by atoms with Crippen LogP contribution < -0.4 is 10.6 Å². The molecule has 0 saturated carbocycles. The minimum atomic E-state index is -5.17. The van der Waals surface area contributed by atoms with Gasteiger partial charge in [-0.2, -0.15) is 0 Å². The number of hydrogen-bond acceptors (Lipinski definition) is 4. The topological polar surface area (TPSA) is 113 Å². The molecule has 0 unspecified atom stereocenters. The van der Waals surface area contributed by atoms with Crippen molar-refractivity contribution in [3.63, 3.8) is 0 Å². The van der Waals surface area contributed by atoms with E-state index >= 15 is 0 Å². The Balaban J connectivity index is 0.000000167. The van der Waals surface area contributed by atoms with Gasteiger partial charge in [0.25, 0.3) is 0 Å². The van der Waals surface area contributed by atoms with Crippen LogP contribution in [-0.2, 0) is 10.4 Å². The SMILES string of the molecule is C1C[NH2+]C1.C1C[NH2+]C1.O=S(=O)([O-])[O-]. The van der Waals surface area contributed by atoms with Gasteiger partial charge in [0.05, 0.1) is 26.2 Å². The van der Waals surface area contributed by atoms with E-state index in [1.807, 2.05) is 0 Å². The summed E-state index contributed by atoms with van der Waals surface area (Å²) < 4.78 is 34.1. The first-order valence-electron chi connectivity index (χ1n) is 4.30. The third kappa shape index (κ3) is 18.6. The van der Waals surface area contributed by atoms with Crippen molar-refractivity contribution in [2.45, 2.75) is 12.8 Å². The predicted octanol–water partition coefficient (Wildman–Crippen LogP) is -3.43. The maximum absolute atomic E-state index is 8.52. The van der Waals surface area contributed by atoms with Crippen molar-refractivity contribution in [3.8, 4) is 0 Å². The second kappa shape index (κ2) is 7.22. The van der Waals surface area contributed by atoms with Crippen LogP contribution in [0.4, 0.5) is 0 Å². The lowest BCUT2D eigenvalue weighted by atomic mass is 10.3. The summed E-state index contributed by atoms with van der Waals surface area (Å²) in [5.74, 6) is 0. The first kappa shape index (κ1) is 12.8. The van der Waals surface area contributed by atoms with Crippen LogP contribution in [0.1, 0.15) is 12.8 Å². The summed E-state index contributed by atoms with van der Waals surface area (Å²) in [5, 5.41) is 4.61. The van der Waals surface area contributed by atoms with Crippen LogP contribution in [0.15, 0.2) is 0 Å². The highest BCUT2D eigenvalue weighted by Crippen LogP contribution is 1.67. The van der Waals surface area contributed by atoms with Gasteiger partial charge in [0.15, 0.2) is 0 Å². The first-order chi connectivity index (χ1) is 6.00. The Morgan fingerprint density at radius 1 is 0.846 bits per heavy atom. The van der Waals surface area contributed by atoms with Crippen molar-refractivity contribution >= 4 is 10.4 Å². The van der Waals surface area contributed by atoms with E-state index in [1.165, 1.54) is 39.0 Å². The number of hydrogen-bond donors (Lipinski definition) is 2. The molecule has 0 atom stereocenters. The largest absolute Gasteiger partial charge is 0.759 e. The molecule has 2 fully saturated rings. The molecule has 4 N–H and O–H groups in total. The van der Waals surface area contributed by atoms with Crippen molar-refractivity contribution in [2.24, 2.45) is 0 Å². The van der Waals surface area contributed by atoms with Crippen molar-refractivity contribution in [2.75, 3.05) is 26.2 Å². The predicted molar refractivity (Wildman–Crippen MR) is 43.0 cm³/mol. The van der Waals surface area contributed by atoms with Crippen LogP contribution in [0.2, 0.25) is 0 Å². The molecule has 6 nitrogen and oxygen atoms in total. The highest BCUT2D eigenvalue weighted by atomic mass is 32.3. The molecule has 2 saturated heterocycles. The van der Waals surface area contributed by atoms with Gasteiger partial charge in [-0.25, -0.2) is 0 Å². The summed E-state index contributed by atoms with van der Waals surface area (Å²) in [5.41, 5.74) is 0. The monoisotopic (exact) mass is 212 g/mol. The van der Waals surface area contributed by atoms with Crippen LogP contribution in [0.3, 0.4) is 0 Å². The molecule has 0 bridgehead atoms. The zero-order valence-electron chi connectivity index (χ0n) is 7.44. The average molecular weight is 212 g/mol. The molecule has 7 heteroatoms. The molecule has 0 aliphatic carbocycles. The van der Waals surface area contributed by atoms with Gasteiger partial charge in [-0.3, -0.25) is 8.42 Å².